The van der Waals surface area contributed by atoms with Gasteiger partial charge in [-0.05, 0) is 34.2 Å². The van der Waals surface area contributed by atoms with E-state index in [1.807, 2.05) is 36.4 Å². The van der Waals surface area contributed by atoms with Crippen LogP contribution in [0.15, 0.2) is 61.1 Å². The SMILES string of the molecule is C[N+]1(C)C=Cc2c([C@@H](CN)C(=O)Cc3ccc4cnccc4c3)cccc2[B-]1(O)O.S. The number of aromatic nitrogens is 1. The van der Waals surface area contributed by atoms with Crippen LogP contribution in [0.4, 0.5) is 0 Å². The van der Waals surface area contributed by atoms with Crippen LogP contribution < -0.4 is 11.2 Å². The molecule has 0 amide bonds. The molecule has 6 nitrogen and oxygen atoms in total. The summed E-state index contributed by atoms with van der Waals surface area (Å²) in [6.07, 6.45) is 7.38. The van der Waals surface area contributed by atoms with Crippen LogP contribution >= 0.6 is 13.5 Å². The van der Waals surface area contributed by atoms with Crippen LogP contribution in [-0.4, -0.2) is 52.5 Å². The number of ketones is 1. The lowest BCUT2D eigenvalue weighted by atomic mass is 9.56. The molecule has 1 aliphatic rings. The highest BCUT2D eigenvalue weighted by Crippen LogP contribution is 2.28. The summed E-state index contributed by atoms with van der Waals surface area (Å²) in [5.41, 5.74) is 8.78. The number of fused-ring (bicyclic) bond motifs is 2. The lowest BCUT2D eigenvalue weighted by Gasteiger charge is -2.48. The molecule has 0 saturated heterocycles. The largest absolute Gasteiger partial charge is 0.524 e. The molecule has 0 unspecified atom stereocenters. The van der Waals surface area contributed by atoms with Gasteiger partial charge in [0.1, 0.15) is 5.78 Å². The minimum atomic E-state index is -2.85. The van der Waals surface area contributed by atoms with E-state index in [0.29, 0.717) is 11.0 Å². The Kier molecular flexibility index (Phi) is 6.41. The van der Waals surface area contributed by atoms with Gasteiger partial charge in [0.05, 0.1) is 12.1 Å². The standard InChI is InChI=1S/C23H26BN3O3.H2S/c1-27(2)11-9-20-19(4-3-5-22(20)24(27,29)30)21(14-25)23(28)13-16-6-7-18-15-26-10-8-17(18)12-16;/h3-12,15,21,29-30H,13-14,25H2,1-2H3;1H2/t21-;/m1./s1. The number of carbonyl (C=O) groups excluding carboxylic acids is 1. The molecule has 2 aromatic carbocycles. The second-order valence-corrected chi connectivity index (χ2v) is 8.52. The van der Waals surface area contributed by atoms with Gasteiger partial charge in [0.2, 0.25) is 0 Å². The second kappa shape index (κ2) is 8.57. The predicted octanol–water partition coefficient (Wildman–Crippen LogP) is 1.39. The van der Waals surface area contributed by atoms with Gasteiger partial charge < -0.3 is 20.2 Å². The van der Waals surface area contributed by atoms with Crippen molar-refractivity contribution < 1.29 is 19.2 Å². The van der Waals surface area contributed by atoms with Gasteiger partial charge in [-0.25, -0.2) is 0 Å². The van der Waals surface area contributed by atoms with Crippen LogP contribution in [0, 0.1) is 0 Å². The summed E-state index contributed by atoms with van der Waals surface area (Å²) in [6.45, 7) is -2.70. The molecule has 0 aliphatic carbocycles. The zero-order valence-electron chi connectivity index (χ0n) is 17.7. The topological polar surface area (TPSA) is 96.4 Å². The number of nitrogens with two attached hydrogens (primary N) is 1. The van der Waals surface area contributed by atoms with Gasteiger partial charge in [0.15, 0.2) is 0 Å². The third-order valence-corrected chi connectivity index (χ3v) is 6.23. The van der Waals surface area contributed by atoms with Crippen molar-refractivity contribution in [3.8, 4) is 0 Å². The molecule has 4 N–H and O–H groups in total. The van der Waals surface area contributed by atoms with E-state index in [1.165, 1.54) is 0 Å². The Bertz CT molecular complexity index is 1160. The molecule has 3 aromatic rings. The minimum absolute atomic E-state index is 0. The minimum Gasteiger partial charge on any atom is -0.524 e. The first-order valence-corrected chi connectivity index (χ1v) is 10.1. The van der Waals surface area contributed by atoms with Crippen LogP contribution in [0.3, 0.4) is 0 Å². The molecule has 2 heterocycles. The van der Waals surface area contributed by atoms with Gasteiger partial charge in [-0.15, -0.1) is 0 Å². The van der Waals surface area contributed by atoms with Crippen molar-refractivity contribution in [2.75, 3.05) is 20.6 Å². The van der Waals surface area contributed by atoms with E-state index in [1.54, 1.807) is 44.8 Å². The Labute approximate surface area is 189 Å². The number of nitrogens with zero attached hydrogens (tertiary/aromatic N) is 2. The summed E-state index contributed by atoms with van der Waals surface area (Å²) in [4.78, 5) is 17.3. The molecule has 0 saturated carbocycles. The van der Waals surface area contributed by atoms with Gasteiger partial charge >= 0.3 is 6.69 Å². The molecule has 1 atom stereocenters. The number of rotatable bonds is 5. The fourth-order valence-electron chi connectivity index (χ4n) is 4.18. The summed E-state index contributed by atoms with van der Waals surface area (Å²) >= 11 is 0. The van der Waals surface area contributed by atoms with Crippen molar-refractivity contribution >= 4 is 48.3 Å². The van der Waals surface area contributed by atoms with Crippen molar-refractivity contribution in [1.82, 2.24) is 4.98 Å². The molecule has 1 aliphatic heterocycles. The van der Waals surface area contributed by atoms with Gasteiger partial charge in [-0.3, -0.25) is 9.78 Å². The smallest absolute Gasteiger partial charge is 0.502 e. The molecular formula is C23H28BN3O3S. The van der Waals surface area contributed by atoms with E-state index >= 15 is 0 Å². The lowest BCUT2D eigenvalue weighted by Crippen LogP contribution is -2.71. The number of pyridine rings is 1. The van der Waals surface area contributed by atoms with E-state index in [2.05, 4.69) is 4.98 Å². The highest BCUT2D eigenvalue weighted by molar-refractivity contribution is 7.59. The van der Waals surface area contributed by atoms with Gasteiger partial charge in [0, 0.05) is 44.8 Å². The van der Waals surface area contributed by atoms with Crippen molar-refractivity contribution in [2.45, 2.75) is 12.3 Å². The average molecular weight is 437 g/mol. The van der Waals surface area contributed by atoms with E-state index < -0.39 is 12.6 Å². The monoisotopic (exact) mass is 437 g/mol. The Hall–Kier alpha value is -2.49. The molecule has 0 radical (unpaired) electrons. The predicted molar refractivity (Wildman–Crippen MR) is 130 cm³/mol. The van der Waals surface area contributed by atoms with Gasteiger partial charge in [-0.1, -0.05) is 41.9 Å². The highest BCUT2D eigenvalue weighted by Gasteiger charge is 2.45. The summed E-state index contributed by atoms with van der Waals surface area (Å²) in [5, 5.41) is 23.7. The molecular weight excluding hydrogens is 409 g/mol. The molecule has 4 rings (SSSR count). The Balaban J connectivity index is 0.00000272. The van der Waals surface area contributed by atoms with Crippen LogP contribution in [0.2, 0.25) is 0 Å². The number of quaternary nitrogens is 1. The molecule has 1 aromatic heterocycles. The molecule has 0 spiro atoms. The molecule has 162 valence electrons. The average Bonchev–Trinajstić information content (AvgIpc) is 2.72. The molecule has 8 heteroatoms. The third-order valence-electron chi connectivity index (χ3n) is 6.23. The molecule has 0 bridgehead atoms. The summed E-state index contributed by atoms with van der Waals surface area (Å²) < 4.78 is -0.0658. The quantitative estimate of drug-likeness (QED) is 0.525. The van der Waals surface area contributed by atoms with Crippen LogP contribution in [0.5, 0.6) is 0 Å². The molecule has 0 fully saturated rings. The number of carbonyl (C=O) groups is 1. The fraction of sp³-hybridized carbons (Fsp3) is 0.217. The number of Topliss-reactive ketones (excluding diaryl/α,β-unsaturated/α-hetero) is 1. The zero-order chi connectivity index (χ0) is 21.5. The van der Waals surface area contributed by atoms with Crippen LogP contribution in [0.1, 0.15) is 22.6 Å². The highest BCUT2D eigenvalue weighted by atomic mass is 32.1. The van der Waals surface area contributed by atoms with E-state index in [4.69, 9.17) is 5.73 Å². The normalized spacial score (nSPS) is 16.9. The first-order chi connectivity index (χ1) is 14.2. The van der Waals surface area contributed by atoms with E-state index in [0.717, 1.165) is 21.9 Å². The first-order valence-electron chi connectivity index (χ1n) is 10.1. The zero-order valence-corrected chi connectivity index (χ0v) is 18.7. The first kappa shape index (κ1) is 23.2. The second-order valence-electron chi connectivity index (χ2n) is 8.52. The van der Waals surface area contributed by atoms with E-state index in [9.17, 15) is 14.8 Å². The Morgan fingerprint density at radius 2 is 1.94 bits per heavy atom. The summed E-state index contributed by atoms with van der Waals surface area (Å²) in [6, 6.07) is 13.1. The van der Waals surface area contributed by atoms with Crippen LogP contribution in [-0.2, 0) is 11.2 Å². The molecule has 31 heavy (non-hydrogen) atoms. The third kappa shape index (κ3) is 4.05. The number of hydrogen-bond donors (Lipinski definition) is 3. The van der Waals surface area contributed by atoms with Crippen molar-refractivity contribution in [3.05, 3.63) is 77.7 Å². The lowest BCUT2D eigenvalue weighted by molar-refractivity contribution is -0.750. The summed E-state index contributed by atoms with van der Waals surface area (Å²) in [7, 11) is 3.46. The number of benzene rings is 2. The van der Waals surface area contributed by atoms with Gasteiger partial charge in [-0.2, -0.15) is 13.5 Å². The van der Waals surface area contributed by atoms with E-state index in [-0.39, 0.29) is 36.6 Å². The fourth-order valence-corrected chi connectivity index (χ4v) is 4.18. The van der Waals surface area contributed by atoms with Crippen molar-refractivity contribution in [2.24, 2.45) is 5.73 Å². The Morgan fingerprint density at radius 1 is 1.16 bits per heavy atom. The van der Waals surface area contributed by atoms with Gasteiger partial charge in [0.25, 0.3) is 0 Å². The van der Waals surface area contributed by atoms with Crippen molar-refractivity contribution in [1.29, 1.82) is 0 Å². The maximum atomic E-state index is 13.2. The maximum absolute atomic E-state index is 13.2. The van der Waals surface area contributed by atoms with Crippen LogP contribution in [0.25, 0.3) is 16.8 Å². The Morgan fingerprint density at radius 3 is 2.68 bits per heavy atom. The number of hydrogen-bond acceptors (Lipinski definition) is 5. The van der Waals surface area contributed by atoms with Crippen molar-refractivity contribution in [3.63, 3.8) is 0 Å². The maximum Gasteiger partial charge on any atom is 0.502 e. The summed E-state index contributed by atoms with van der Waals surface area (Å²) in [5.74, 6) is -0.529.